The Balaban J connectivity index is 1.61. The molecule has 2 N–H and O–H groups in total. The van der Waals surface area contributed by atoms with Gasteiger partial charge in [-0.25, -0.2) is 0 Å². The molecule has 2 aromatic carbocycles. The van der Waals surface area contributed by atoms with Crippen molar-refractivity contribution >= 4 is 40.0 Å². The molecule has 7 heteroatoms. The SMILES string of the molecule is Cc1cc(C(=O)NCC(O)COc2cccc(Cl)c2Cl)c2ccccc2n1. The van der Waals surface area contributed by atoms with Crippen LogP contribution in [0, 0.1) is 6.92 Å². The molecule has 1 heterocycles. The standard InChI is InChI=1S/C20H18Cl2N2O3/c1-12-9-15(14-5-2-3-7-17(14)24-12)20(26)23-10-13(25)11-27-18-8-4-6-16(21)19(18)22/h2-9,13,25H,10-11H2,1H3,(H,23,26). The maximum atomic E-state index is 12.6. The van der Waals surface area contributed by atoms with E-state index < -0.39 is 6.10 Å². The first-order valence-corrected chi connectivity index (χ1v) is 9.10. The Morgan fingerprint density at radius 2 is 2.00 bits per heavy atom. The molecule has 3 aromatic rings. The summed E-state index contributed by atoms with van der Waals surface area (Å²) in [6.07, 6.45) is -0.904. The number of ether oxygens (including phenoxy) is 1. The summed E-state index contributed by atoms with van der Waals surface area (Å²) in [4.78, 5) is 17.0. The van der Waals surface area contributed by atoms with Gasteiger partial charge in [-0.2, -0.15) is 0 Å². The van der Waals surface area contributed by atoms with E-state index >= 15 is 0 Å². The number of amides is 1. The van der Waals surface area contributed by atoms with E-state index in [1.165, 1.54) is 0 Å². The van der Waals surface area contributed by atoms with Crippen LogP contribution in [0.2, 0.25) is 10.0 Å². The summed E-state index contributed by atoms with van der Waals surface area (Å²) in [5, 5.41) is 14.3. The molecule has 0 aliphatic heterocycles. The van der Waals surface area contributed by atoms with E-state index in [0.717, 1.165) is 16.6 Å². The molecule has 0 fully saturated rings. The van der Waals surface area contributed by atoms with E-state index in [4.69, 9.17) is 27.9 Å². The van der Waals surface area contributed by atoms with Crippen LogP contribution in [-0.4, -0.2) is 35.3 Å². The number of pyridine rings is 1. The number of nitrogens with one attached hydrogen (secondary N) is 1. The molecule has 0 spiro atoms. The fraction of sp³-hybridized carbons (Fsp3) is 0.200. The van der Waals surface area contributed by atoms with Crippen LogP contribution in [0.5, 0.6) is 5.75 Å². The number of hydrogen-bond acceptors (Lipinski definition) is 4. The summed E-state index contributed by atoms with van der Waals surface area (Å²) in [6.45, 7) is 1.84. The summed E-state index contributed by atoms with van der Waals surface area (Å²) in [6, 6.07) is 14.2. The van der Waals surface area contributed by atoms with Gasteiger partial charge in [0.05, 0.1) is 16.1 Å². The minimum atomic E-state index is -0.904. The molecule has 1 unspecified atom stereocenters. The number of aliphatic hydroxyl groups excluding tert-OH is 1. The maximum absolute atomic E-state index is 12.6. The summed E-state index contributed by atoms with van der Waals surface area (Å²) < 4.78 is 5.48. The van der Waals surface area contributed by atoms with Crippen LogP contribution in [-0.2, 0) is 0 Å². The van der Waals surface area contributed by atoms with Gasteiger partial charge in [0.25, 0.3) is 5.91 Å². The quantitative estimate of drug-likeness (QED) is 0.650. The largest absolute Gasteiger partial charge is 0.489 e. The van der Waals surface area contributed by atoms with Gasteiger partial charge >= 0.3 is 0 Å². The zero-order chi connectivity index (χ0) is 19.4. The second-order valence-corrected chi connectivity index (χ2v) is 6.84. The molecule has 3 rings (SSSR count). The molecule has 0 bridgehead atoms. The summed E-state index contributed by atoms with van der Waals surface area (Å²) in [5.41, 5.74) is 2.02. The number of carbonyl (C=O) groups is 1. The molecule has 0 aliphatic carbocycles. The zero-order valence-corrected chi connectivity index (χ0v) is 16.1. The molecule has 27 heavy (non-hydrogen) atoms. The predicted octanol–water partition coefficient (Wildman–Crippen LogP) is 4.02. The van der Waals surface area contributed by atoms with Crippen LogP contribution in [0.3, 0.4) is 0 Å². The summed E-state index contributed by atoms with van der Waals surface area (Å²) >= 11 is 12.0. The van der Waals surface area contributed by atoms with E-state index in [0.29, 0.717) is 16.3 Å². The number of carbonyl (C=O) groups excluding carboxylic acids is 1. The first kappa shape index (κ1) is 19.4. The predicted molar refractivity (Wildman–Crippen MR) is 107 cm³/mol. The van der Waals surface area contributed by atoms with Gasteiger partial charge in [0.2, 0.25) is 0 Å². The number of aromatic nitrogens is 1. The number of rotatable bonds is 6. The average molecular weight is 405 g/mol. The zero-order valence-electron chi connectivity index (χ0n) is 14.6. The highest BCUT2D eigenvalue weighted by molar-refractivity contribution is 6.42. The van der Waals surface area contributed by atoms with Crippen molar-refractivity contribution in [3.8, 4) is 5.75 Å². The lowest BCUT2D eigenvalue weighted by molar-refractivity contribution is 0.0845. The van der Waals surface area contributed by atoms with Crippen molar-refractivity contribution in [2.75, 3.05) is 13.2 Å². The smallest absolute Gasteiger partial charge is 0.252 e. The maximum Gasteiger partial charge on any atom is 0.252 e. The van der Waals surface area contributed by atoms with Gasteiger partial charge < -0.3 is 15.2 Å². The normalized spacial score (nSPS) is 12.0. The van der Waals surface area contributed by atoms with Crippen LogP contribution in [0.25, 0.3) is 10.9 Å². The van der Waals surface area contributed by atoms with E-state index in [9.17, 15) is 9.90 Å². The molecule has 0 saturated carbocycles. The molecule has 5 nitrogen and oxygen atoms in total. The minimum Gasteiger partial charge on any atom is -0.489 e. The van der Waals surface area contributed by atoms with Gasteiger partial charge in [-0.05, 0) is 31.2 Å². The van der Waals surface area contributed by atoms with Crippen LogP contribution >= 0.6 is 23.2 Å². The average Bonchev–Trinajstić information content (AvgIpc) is 2.66. The Morgan fingerprint density at radius 3 is 2.81 bits per heavy atom. The Bertz CT molecular complexity index is 979. The molecule has 0 aliphatic rings. The van der Waals surface area contributed by atoms with E-state index in [1.807, 2.05) is 31.2 Å². The van der Waals surface area contributed by atoms with Crippen molar-refractivity contribution in [2.24, 2.45) is 0 Å². The van der Waals surface area contributed by atoms with Crippen LogP contribution in [0.1, 0.15) is 16.1 Å². The summed E-state index contributed by atoms with van der Waals surface area (Å²) in [5.74, 6) is 0.0989. The lowest BCUT2D eigenvalue weighted by Crippen LogP contribution is -2.35. The van der Waals surface area contributed by atoms with Crippen molar-refractivity contribution in [1.82, 2.24) is 10.3 Å². The third kappa shape index (κ3) is 4.69. The third-order valence-corrected chi connectivity index (χ3v) is 4.74. The van der Waals surface area contributed by atoms with Crippen LogP contribution in [0.4, 0.5) is 0 Å². The fourth-order valence-electron chi connectivity index (χ4n) is 2.64. The molecule has 0 saturated heterocycles. The first-order chi connectivity index (χ1) is 13.0. The lowest BCUT2D eigenvalue weighted by atomic mass is 10.1. The van der Waals surface area contributed by atoms with Gasteiger partial charge in [0.1, 0.15) is 23.5 Å². The second kappa shape index (κ2) is 8.57. The number of para-hydroxylation sites is 1. The lowest BCUT2D eigenvalue weighted by Gasteiger charge is -2.15. The Labute approximate surface area is 166 Å². The van der Waals surface area contributed by atoms with Crippen molar-refractivity contribution in [3.63, 3.8) is 0 Å². The molecule has 1 aromatic heterocycles. The van der Waals surface area contributed by atoms with Crippen molar-refractivity contribution < 1.29 is 14.6 Å². The number of hydrogen-bond donors (Lipinski definition) is 2. The number of halogens is 2. The number of benzene rings is 2. The Hall–Kier alpha value is -2.34. The van der Waals surface area contributed by atoms with Crippen LogP contribution in [0.15, 0.2) is 48.5 Å². The summed E-state index contributed by atoms with van der Waals surface area (Å²) in [7, 11) is 0. The minimum absolute atomic E-state index is 0.0313. The molecule has 1 atom stereocenters. The molecule has 1 amide bonds. The van der Waals surface area contributed by atoms with Gasteiger partial charge in [-0.3, -0.25) is 9.78 Å². The van der Waals surface area contributed by atoms with Crippen molar-refractivity contribution in [3.05, 3.63) is 69.8 Å². The van der Waals surface area contributed by atoms with Gasteiger partial charge in [0, 0.05) is 17.6 Å². The molecular weight excluding hydrogens is 387 g/mol. The second-order valence-electron chi connectivity index (χ2n) is 6.06. The molecule has 0 radical (unpaired) electrons. The molecule has 140 valence electrons. The Kier molecular flexibility index (Phi) is 6.16. The topological polar surface area (TPSA) is 71.5 Å². The van der Waals surface area contributed by atoms with E-state index in [1.54, 1.807) is 24.3 Å². The third-order valence-electron chi connectivity index (χ3n) is 3.93. The van der Waals surface area contributed by atoms with Gasteiger partial charge in [-0.15, -0.1) is 0 Å². The van der Waals surface area contributed by atoms with E-state index in [-0.39, 0.29) is 24.1 Å². The fourth-order valence-corrected chi connectivity index (χ4v) is 2.99. The monoisotopic (exact) mass is 404 g/mol. The highest BCUT2D eigenvalue weighted by atomic mass is 35.5. The van der Waals surface area contributed by atoms with Crippen molar-refractivity contribution in [2.45, 2.75) is 13.0 Å². The number of aliphatic hydroxyl groups is 1. The highest BCUT2D eigenvalue weighted by Crippen LogP contribution is 2.31. The van der Waals surface area contributed by atoms with E-state index in [2.05, 4.69) is 10.3 Å². The van der Waals surface area contributed by atoms with Crippen LogP contribution < -0.4 is 10.1 Å². The van der Waals surface area contributed by atoms with Gasteiger partial charge in [0.15, 0.2) is 0 Å². The molecular formula is C20H18Cl2N2O3. The Morgan fingerprint density at radius 1 is 1.22 bits per heavy atom. The van der Waals surface area contributed by atoms with Gasteiger partial charge in [-0.1, -0.05) is 47.5 Å². The number of aryl methyl sites for hydroxylation is 1. The number of fused-ring (bicyclic) bond motifs is 1. The first-order valence-electron chi connectivity index (χ1n) is 8.35. The highest BCUT2D eigenvalue weighted by Gasteiger charge is 2.14. The van der Waals surface area contributed by atoms with Crippen molar-refractivity contribution in [1.29, 1.82) is 0 Å². The number of nitrogens with zero attached hydrogens (tertiary/aromatic N) is 1.